The molecule has 0 aromatic rings. The second kappa shape index (κ2) is 6.38. The number of carbonyl (C=O) groups excluding carboxylic acids is 1. The van der Waals surface area contributed by atoms with Crippen LogP contribution < -0.4 is 10.6 Å². The van der Waals surface area contributed by atoms with Gasteiger partial charge in [0.1, 0.15) is 5.60 Å². The number of rotatable bonds is 3. The Kier molecular flexibility index (Phi) is 4.67. The molecule has 1 amide bonds. The van der Waals surface area contributed by atoms with Gasteiger partial charge in [0, 0.05) is 18.1 Å². The summed E-state index contributed by atoms with van der Waals surface area (Å²) in [6.07, 6.45) is 10.00. The van der Waals surface area contributed by atoms with Crippen LogP contribution in [0.1, 0.15) is 72.1 Å². The summed E-state index contributed by atoms with van der Waals surface area (Å²) in [5, 5.41) is 6.95. The number of nitrogens with one attached hydrogen (secondary N) is 2. The first-order valence-electron chi connectivity index (χ1n) is 9.14. The van der Waals surface area contributed by atoms with Gasteiger partial charge in [-0.25, -0.2) is 4.79 Å². The fourth-order valence-electron chi connectivity index (χ4n) is 4.63. The Morgan fingerprint density at radius 3 is 2.18 bits per heavy atom. The highest BCUT2D eigenvalue weighted by atomic mass is 16.6. The molecule has 3 rings (SSSR count). The SMILES string of the molecule is CC(C)(C)OC(=O)NC1CCC(NC2CC3CCC2C3)CC1. The van der Waals surface area contributed by atoms with E-state index in [4.69, 9.17) is 4.74 Å². The Morgan fingerprint density at radius 1 is 0.955 bits per heavy atom. The highest BCUT2D eigenvalue weighted by Gasteiger charge is 2.40. The van der Waals surface area contributed by atoms with Gasteiger partial charge < -0.3 is 15.4 Å². The van der Waals surface area contributed by atoms with Crippen LogP contribution in [0.3, 0.4) is 0 Å². The van der Waals surface area contributed by atoms with Crippen molar-refractivity contribution in [2.45, 2.75) is 95.9 Å². The fraction of sp³-hybridized carbons (Fsp3) is 0.944. The van der Waals surface area contributed by atoms with E-state index in [2.05, 4.69) is 10.6 Å². The van der Waals surface area contributed by atoms with Crippen LogP contribution in [-0.4, -0.2) is 29.8 Å². The van der Waals surface area contributed by atoms with Crippen molar-refractivity contribution in [3.8, 4) is 0 Å². The molecule has 0 aliphatic heterocycles. The number of carbonyl (C=O) groups is 1. The predicted molar refractivity (Wildman–Crippen MR) is 87.8 cm³/mol. The first kappa shape index (κ1) is 16.1. The standard InChI is InChI=1S/C18H32N2O2/c1-18(2,3)22-17(21)20-15-8-6-14(7-9-15)19-16-11-12-4-5-13(16)10-12/h12-16,19H,4-11H2,1-3H3,(H,20,21). The second-order valence-corrected chi connectivity index (χ2v) is 8.64. The summed E-state index contributed by atoms with van der Waals surface area (Å²) in [6.45, 7) is 5.72. The molecule has 0 aromatic heterocycles. The summed E-state index contributed by atoms with van der Waals surface area (Å²) in [5.74, 6) is 1.95. The van der Waals surface area contributed by atoms with E-state index in [1.165, 1.54) is 38.5 Å². The van der Waals surface area contributed by atoms with Gasteiger partial charge in [-0.3, -0.25) is 0 Å². The minimum Gasteiger partial charge on any atom is -0.444 e. The minimum atomic E-state index is -0.412. The van der Waals surface area contributed by atoms with E-state index in [9.17, 15) is 4.79 Å². The summed E-state index contributed by atoms with van der Waals surface area (Å²) in [4.78, 5) is 11.8. The van der Waals surface area contributed by atoms with Crippen LogP contribution in [0, 0.1) is 11.8 Å². The quantitative estimate of drug-likeness (QED) is 0.837. The smallest absolute Gasteiger partial charge is 0.407 e. The molecule has 0 saturated heterocycles. The Morgan fingerprint density at radius 2 is 1.64 bits per heavy atom. The third kappa shape index (κ3) is 4.15. The van der Waals surface area contributed by atoms with Gasteiger partial charge in [0.15, 0.2) is 0 Å². The molecule has 2 N–H and O–H groups in total. The van der Waals surface area contributed by atoms with Gasteiger partial charge in [-0.2, -0.15) is 0 Å². The maximum atomic E-state index is 11.8. The van der Waals surface area contributed by atoms with Crippen molar-refractivity contribution < 1.29 is 9.53 Å². The summed E-state index contributed by atoms with van der Waals surface area (Å²) in [5.41, 5.74) is -0.412. The lowest BCUT2D eigenvalue weighted by Crippen LogP contribution is -2.47. The molecule has 3 fully saturated rings. The summed E-state index contributed by atoms with van der Waals surface area (Å²) in [6, 6.07) is 1.72. The second-order valence-electron chi connectivity index (χ2n) is 8.64. The number of amides is 1. The minimum absolute atomic E-state index is 0.267. The van der Waals surface area contributed by atoms with Gasteiger partial charge in [0.05, 0.1) is 0 Å². The largest absolute Gasteiger partial charge is 0.444 e. The van der Waals surface area contributed by atoms with Crippen LogP contribution in [0.5, 0.6) is 0 Å². The number of ether oxygens (including phenoxy) is 1. The highest BCUT2D eigenvalue weighted by Crippen LogP contribution is 2.44. The number of fused-ring (bicyclic) bond motifs is 2. The number of alkyl carbamates (subject to hydrolysis) is 1. The number of hydrogen-bond donors (Lipinski definition) is 2. The monoisotopic (exact) mass is 308 g/mol. The maximum absolute atomic E-state index is 11.8. The van der Waals surface area contributed by atoms with Crippen molar-refractivity contribution in [2.24, 2.45) is 11.8 Å². The lowest BCUT2D eigenvalue weighted by Gasteiger charge is -2.34. The van der Waals surface area contributed by atoms with Crippen molar-refractivity contribution in [3.63, 3.8) is 0 Å². The van der Waals surface area contributed by atoms with Crippen LogP contribution >= 0.6 is 0 Å². The predicted octanol–water partition coefficient (Wildman–Crippen LogP) is 3.60. The Balaban J connectivity index is 1.36. The van der Waals surface area contributed by atoms with Crippen LogP contribution in [0.25, 0.3) is 0 Å². The lowest BCUT2D eigenvalue weighted by atomic mass is 9.88. The van der Waals surface area contributed by atoms with Gasteiger partial charge in [-0.1, -0.05) is 6.42 Å². The number of hydrogen-bond acceptors (Lipinski definition) is 3. The molecule has 0 heterocycles. The lowest BCUT2D eigenvalue weighted by molar-refractivity contribution is 0.0488. The molecule has 3 saturated carbocycles. The average molecular weight is 308 g/mol. The third-order valence-corrected chi connectivity index (χ3v) is 5.64. The molecule has 3 aliphatic carbocycles. The molecule has 126 valence electrons. The van der Waals surface area contributed by atoms with E-state index in [1.807, 2.05) is 20.8 Å². The third-order valence-electron chi connectivity index (χ3n) is 5.64. The molecule has 3 aliphatic rings. The van der Waals surface area contributed by atoms with Crippen molar-refractivity contribution >= 4 is 6.09 Å². The zero-order valence-corrected chi connectivity index (χ0v) is 14.4. The summed E-state index contributed by atoms with van der Waals surface area (Å²) >= 11 is 0. The topological polar surface area (TPSA) is 50.4 Å². The molecule has 0 radical (unpaired) electrons. The van der Waals surface area contributed by atoms with E-state index < -0.39 is 5.60 Å². The van der Waals surface area contributed by atoms with Gasteiger partial charge in [-0.15, -0.1) is 0 Å². The average Bonchev–Trinajstić information content (AvgIpc) is 3.01. The van der Waals surface area contributed by atoms with Gasteiger partial charge in [0.25, 0.3) is 0 Å². The van der Waals surface area contributed by atoms with E-state index in [-0.39, 0.29) is 12.1 Å². The van der Waals surface area contributed by atoms with Crippen molar-refractivity contribution in [2.75, 3.05) is 0 Å². The molecule has 4 nitrogen and oxygen atoms in total. The van der Waals surface area contributed by atoms with E-state index >= 15 is 0 Å². The Labute approximate surface area is 134 Å². The van der Waals surface area contributed by atoms with E-state index in [0.717, 1.165) is 30.7 Å². The zero-order valence-electron chi connectivity index (χ0n) is 14.4. The molecule has 3 unspecified atom stereocenters. The van der Waals surface area contributed by atoms with Crippen LogP contribution in [-0.2, 0) is 4.74 Å². The van der Waals surface area contributed by atoms with Crippen LogP contribution in [0.15, 0.2) is 0 Å². The molecular weight excluding hydrogens is 276 g/mol. The molecule has 3 atom stereocenters. The molecule has 22 heavy (non-hydrogen) atoms. The summed E-state index contributed by atoms with van der Waals surface area (Å²) < 4.78 is 5.34. The van der Waals surface area contributed by atoms with Crippen molar-refractivity contribution in [3.05, 3.63) is 0 Å². The molecule has 0 aromatic carbocycles. The van der Waals surface area contributed by atoms with E-state index in [1.54, 1.807) is 0 Å². The van der Waals surface area contributed by atoms with Gasteiger partial charge in [0.2, 0.25) is 0 Å². The zero-order chi connectivity index (χ0) is 15.7. The molecule has 4 heteroatoms. The Bertz CT molecular complexity index is 396. The van der Waals surface area contributed by atoms with Crippen molar-refractivity contribution in [1.82, 2.24) is 10.6 Å². The molecule has 0 spiro atoms. The summed E-state index contributed by atoms with van der Waals surface area (Å²) in [7, 11) is 0. The first-order chi connectivity index (χ1) is 10.4. The Hall–Kier alpha value is -0.770. The maximum Gasteiger partial charge on any atom is 0.407 e. The van der Waals surface area contributed by atoms with Gasteiger partial charge >= 0.3 is 6.09 Å². The molecular formula is C18H32N2O2. The van der Waals surface area contributed by atoms with Gasteiger partial charge in [-0.05, 0) is 77.6 Å². The highest BCUT2D eigenvalue weighted by molar-refractivity contribution is 5.68. The van der Waals surface area contributed by atoms with Crippen LogP contribution in [0.4, 0.5) is 4.79 Å². The normalized spacial score (nSPS) is 38.0. The van der Waals surface area contributed by atoms with Crippen LogP contribution in [0.2, 0.25) is 0 Å². The van der Waals surface area contributed by atoms with Crippen molar-refractivity contribution in [1.29, 1.82) is 0 Å². The molecule has 2 bridgehead atoms. The first-order valence-corrected chi connectivity index (χ1v) is 9.14. The fourth-order valence-corrected chi connectivity index (χ4v) is 4.63. The van der Waals surface area contributed by atoms with E-state index in [0.29, 0.717) is 6.04 Å².